The molecule has 18 heavy (non-hydrogen) atoms. The molecule has 1 atom stereocenters. The van der Waals surface area contributed by atoms with Crippen molar-refractivity contribution in [2.75, 3.05) is 20.3 Å². The molecule has 0 aliphatic carbocycles. The quantitative estimate of drug-likeness (QED) is 0.528. The first kappa shape index (κ1) is 16.9. The molecule has 0 fully saturated rings. The van der Waals surface area contributed by atoms with Crippen molar-refractivity contribution < 1.29 is 19.1 Å². The summed E-state index contributed by atoms with van der Waals surface area (Å²) in [6.07, 6.45) is 0.257. The highest BCUT2D eigenvalue weighted by Gasteiger charge is 2.24. The second-order valence-corrected chi connectivity index (χ2v) is 5.03. The smallest absolute Gasteiger partial charge is 0.328 e. The van der Waals surface area contributed by atoms with E-state index in [9.17, 15) is 9.59 Å². The number of carbonyl (C=O) groups is 2. The van der Waals surface area contributed by atoms with Crippen molar-refractivity contribution in [3.8, 4) is 0 Å². The third kappa shape index (κ3) is 7.27. The van der Waals surface area contributed by atoms with E-state index in [2.05, 4.69) is 10.1 Å². The van der Waals surface area contributed by atoms with Gasteiger partial charge in [-0.1, -0.05) is 27.7 Å². The first-order valence-electron chi connectivity index (χ1n) is 6.33. The number of hydrogen-bond donors (Lipinski definition) is 1. The SMILES string of the molecule is COC(=O)C(NC(=O)CCOCC(C)C)C(C)C. The minimum absolute atomic E-state index is 0.00187. The van der Waals surface area contributed by atoms with E-state index in [1.165, 1.54) is 7.11 Å². The van der Waals surface area contributed by atoms with Crippen LogP contribution in [-0.4, -0.2) is 38.2 Å². The van der Waals surface area contributed by atoms with E-state index in [0.29, 0.717) is 19.1 Å². The topological polar surface area (TPSA) is 64.6 Å². The fourth-order valence-corrected chi connectivity index (χ4v) is 1.35. The molecule has 0 rings (SSSR count). The lowest BCUT2D eigenvalue weighted by Gasteiger charge is -2.19. The number of nitrogens with one attached hydrogen (secondary N) is 1. The molecule has 5 heteroatoms. The van der Waals surface area contributed by atoms with E-state index in [4.69, 9.17) is 4.74 Å². The summed E-state index contributed by atoms with van der Waals surface area (Å²) in [4.78, 5) is 23.1. The summed E-state index contributed by atoms with van der Waals surface area (Å²) in [7, 11) is 1.32. The predicted octanol–water partition coefficient (Wildman–Crippen LogP) is 1.36. The largest absolute Gasteiger partial charge is 0.467 e. The van der Waals surface area contributed by atoms with Gasteiger partial charge < -0.3 is 14.8 Å². The van der Waals surface area contributed by atoms with E-state index in [-0.39, 0.29) is 18.2 Å². The van der Waals surface area contributed by atoms with Crippen LogP contribution in [-0.2, 0) is 19.1 Å². The lowest BCUT2D eigenvalue weighted by atomic mass is 10.0. The van der Waals surface area contributed by atoms with Crippen LogP contribution in [0.5, 0.6) is 0 Å². The summed E-state index contributed by atoms with van der Waals surface area (Å²) < 4.78 is 9.96. The monoisotopic (exact) mass is 259 g/mol. The fourth-order valence-electron chi connectivity index (χ4n) is 1.35. The number of carbonyl (C=O) groups excluding carboxylic acids is 2. The van der Waals surface area contributed by atoms with Crippen LogP contribution in [0.4, 0.5) is 0 Å². The van der Waals surface area contributed by atoms with E-state index >= 15 is 0 Å². The van der Waals surface area contributed by atoms with Gasteiger partial charge in [-0.25, -0.2) is 4.79 Å². The first-order valence-corrected chi connectivity index (χ1v) is 6.33. The van der Waals surface area contributed by atoms with Crippen molar-refractivity contribution in [1.29, 1.82) is 0 Å². The number of amides is 1. The highest BCUT2D eigenvalue weighted by Crippen LogP contribution is 2.04. The molecule has 1 unspecified atom stereocenters. The molecule has 106 valence electrons. The molecule has 1 N–H and O–H groups in total. The van der Waals surface area contributed by atoms with Gasteiger partial charge in [0.1, 0.15) is 6.04 Å². The van der Waals surface area contributed by atoms with Crippen LogP contribution in [0.15, 0.2) is 0 Å². The molecular formula is C13H25NO4. The molecule has 5 nitrogen and oxygen atoms in total. The minimum Gasteiger partial charge on any atom is -0.467 e. The molecule has 0 heterocycles. The number of hydrogen-bond acceptors (Lipinski definition) is 4. The van der Waals surface area contributed by atoms with Gasteiger partial charge in [-0.15, -0.1) is 0 Å². The van der Waals surface area contributed by atoms with Crippen LogP contribution in [0.25, 0.3) is 0 Å². The summed E-state index contributed by atoms with van der Waals surface area (Å²) in [5, 5.41) is 2.66. The van der Waals surface area contributed by atoms with Crippen molar-refractivity contribution in [3.63, 3.8) is 0 Å². The Labute approximate surface area is 109 Å². The molecule has 0 aromatic carbocycles. The Balaban J connectivity index is 4.00. The van der Waals surface area contributed by atoms with Gasteiger partial charge in [-0.05, 0) is 11.8 Å². The van der Waals surface area contributed by atoms with Gasteiger partial charge in [-0.3, -0.25) is 4.79 Å². The van der Waals surface area contributed by atoms with Crippen LogP contribution >= 0.6 is 0 Å². The maximum absolute atomic E-state index is 11.6. The first-order chi connectivity index (χ1) is 8.38. The van der Waals surface area contributed by atoms with Crippen LogP contribution in [0.2, 0.25) is 0 Å². The fraction of sp³-hybridized carbons (Fsp3) is 0.846. The zero-order valence-corrected chi connectivity index (χ0v) is 12.0. The van der Waals surface area contributed by atoms with Gasteiger partial charge in [0, 0.05) is 13.0 Å². The van der Waals surface area contributed by atoms with Crippen LogP contribution < -0.4 is 5.32 Å². The van der Waals surface area contributed by atoms with Crippen LogP contribution in [0.1, 0.15) is 34.1 Å². The van der Waals surface area contributed by atoms with Gasteiger partial charge in [0.15, 0.2) is 0 Å². The van der Waals surface area contributed by atoms with Gasteiger partial charge >= 0.3 is 5.97 Å². The van der Waals surface area contributed by atoms with E-state index in [1.807, 2.05) is 27.7 Å². The summed E-state index contributed by atoms with van der Waals surface area (Å²) >= 11 is 0. The highest BCUT2D eigenvalue weighted by molar-refractivity contribution is 5.84. The summed E-state index contributed by atoms with van der Waals surface area (Å²) in [5.74, 6) is -0.158. The Morgan fingerprint density at radius 2 is 1.78 bits per heavy atom. The van der Waals surface area contributed by atoms with Gasteiger partial charge in [0.05, 0.1) is 13.7 Å². The molecule has 1 amide bonds. The second kappa shape index (κ2) is 8.91. The van der Waals surface area contributed by atoms with Gasteiger partial charge in [0.25, 0.3) is 0 Å². The van der Waals surface area contributed by atoms with Crippen molar-refractivity contribution in [2.45, 2.75) is 40.2 Å². The molecule has 0 saturated heterocycles. The molecule has 0 spiro atoms. The standard InChI is InChI=1S/C13H25NO4/c1-9(2)8-18-7-6-11(15)14-12(10(3)4)13(16)17-5/h9-10,12H,6-8H2,1-5H3,(H,14,15). The zero-order valence-electron chi connectivity index (χ0n) is 12.0. The number of methoxy groups -OCH3 is 1. The molecule has 0 saturated carbocycles. The van der Waals surface area contributed by atoms with Gasteiger partial charge in [0.2, 0.25) is 5.91 Å². The van der Waals surface area contributed by atoms with Crippen LogP contribution in [0.3, 0.4) is 0 Å². The van der Waals surface area contributed by atoms with E-state index in [1.54, 1.807) is 0 Å². The zero-order chi connectivity index (χ0) is 14.1. The predicted molar refractivity (Wildman–Crippen MR) is 69.1 cm³/mol. The lowest BCUT2D eigenvalue weighted by molar-refractivity contribution is -0.146. The molecule has 0 aromatic rings. The summed E-state index contributed by atoms with van der Waals surface area (Å²) in [5.41, 5.74) is 0. The Morgan fingerprint density at radius 3 is 2.22 bits per heavy atom. The van der Waals surface area contributed by atoms with E-state index < -0.39 is 12.0 Å². The van der Waals surface area contributed by atoms with Crippen molar-refractivity contribution in [1.82, 2.24) is 5.32 Å². The molecule has 0 bridgehead atoms. The molecule has 0 radical (unpaired) electrons. The number of esters is 1. The van der Waals surface area contributed by atoms with Gasteiger partial charge in [-0.2, -0.15) is 0 Å². The number of rotatable bonds is 8. The van der Waals surface area contributed by atoms with Crippen molar-refractivity contribution in [2.24, 2.45) is 11.8 Å². The molecule has 0 aliphatic rings. The summed E-state index contributed by atoms with van der Waals surface area (Å²) in [6.45, 7) is 8.82. The Bertz CT molecular complexity index is 264. The normalized spacial score (nSPS) is 12.6. The minimum atomic E-state index is -0.590. The molecule has 0 aromatic heterocycles. The third-order valence-electron chi connectivity index (χ3n) is 2.36. The van der Waals surface area contributed by atoms with E-state index in [0.717, 1.165) is 0 Å². The second-order valence-electron chi connectivity index (χ2n) is 5.03. The average molecular weight is 259 g/mol. The average Bonchev–Trinajstić information content (AvgIpc) is 2.30. The Kier molecular flexibility index (Phi) is 8.37. The maximum atomic E-state index is 11.6. The lowest BCUT2D eigenvalue weighted by Crippen LogP contribution is -2.45. The maximum Gasteiger partial charge on any atom is 0.328 e. The number of ether oxygens (including phenoxy) is 2. The Hall–Kier alpha value is -1.10. The third-order valence-corrected chi connectivity index (χ3v) is 2.36. The molecular weight excluding hydrogens is 234 g/mol. The highest BCUT2D eigenvalue weighted by atomic mass is 16.5. The molecule has 0 aliphatic heterocycles. The Morgan fingerprint density at radius 1 is 1.17 bits per heavy atom. The van der Waals surface area contributed by atoms with Crippen LogP contribution in [0, 0.1) is 11.8 Å². The van der Waals surface area contributed by atoms with Crippen molar-refractivity contribution >= 4 is 11.9 Å². The van der Waals surface area contributed by atoms with Crippen molar-refractivity contribution in [3.05, 3.63) is 0 Å². The summed E-state index contributed by atoms with van der Waals surface area (Å²) in [6, 6.07) is -0.590.